The maximum atomic E-state index is 11.9. The van der Waals surface area contributed by atoms with Gasteiger partial charge in [-0.1, -0.05) is 35.5 Å². The molecule has 24 heavy (non-hydrogen) atoms. The molecule has 0 aliphatic rings. The molecule has 0 saturated heterocycles. The molecule has 0 unspecified atom stereocenters. The molecule has 0 bridgehead atoms. The lowest BCUT2D eigenvalue weighted by molar-refractivity contribution is 0.252. The van der Waals surface area contributed by atoms with Crippen LogP contribution >= 0.6 is 11.3 Å². The maximum absolute atomic E-state index is 11.9. The highest BCUT2D eigenvalue weighted by atomic mass is 32.1. The summed E-state index contributed by atoms with van der Waals surface area (Å²) in [5, 5.41) is 11.7. The molecule has 0 saturated carbocycles. The van der Waals surface area contributed by atoms with Crippen molar-refractivity contribution in [2.75, 3.05) is 11.9 Å². The predicted octanol–water partition coefficient (Wildman–Crippen LogP) is 2.79. The van der Waals surface area contributed by atoms with Gasteiger partial charge in [-0.05, 0) is 12.5 Å². The molecule has 2 aromatic heterocycles. The molecule has 1 aromatic carbocycles. The molecule has 0 atom stereocenters. The van der Waals surface area contributed by atoms with E-state index in [1.807, 2.05) is 23.6 Å². The Morgan fingerprint density at radius 3 is 2.83 bits per heavy atom. The minimum absolute atomic E-state index is 0.299. The van der Waals surface area contributed by atoms with Crippen LogP contribution in [0.2, 0.25) is 0 Å². The molecule has 0 spiro atoms. The molecular formula is C16H17N5O2S. The van der Waals surface area contributed by atoms with Gasteiger partial charge in [0.1, 0.15) is 0 Å². The Kier molecular flexibility index (Phi) is 5.17. The Labute approximate surface area is 143 Å². The van der Waals surface area contributed by atoms with E-state index >= 15 is 0 Å². The zero-order valence-electron chi connectivity index (χ0n) is 13.2. The molecule has 2 N–H and O–H groups in total. The van der Waals surface area contributed by atoms with Crippen molar-refractivity contribution < 1.29 is 9.32 Å². The zero-order chi connectivity index (χ0) is 16.8. The molecular weight excluding hydrogens is 326 g/mol. The predicted molar refractivity (Wildman–Crippen MR) is 91.1 cm³/mol. The quantitative estimate of drug-likeness (QED) is 0.718. The third-order valence-corrected chi connectivity index (χ3v) is 4.00. The van der Waals surface area contributed by atoms with E-state index in [2.05, 4.69) is 37.9 Å². The van der Waals surface area contributed by atoms with Crippen LogP contribution in [0.25, 0.3) is 0 Å². The van der Waals surface area contributed by atoms with Crippen molar-refractivity contribution in [3.05, 3.63) is 58.7 Å². The van der Waals surface area contributed by atoms with Gasteiger partial charge in [-0.3, -0.25) is 5.32 Å². The first kappa shape index (κ1) is 16.1. The van der Waals surface area contributed by atoms with Gasteiger partial charge in [0.15, 0.2) is 11.0 Å². The van der Waals surface area contributed by atoms with E-state index in [1.165, 1.54) is 16.9 Å². The van der Waals surface area contributed by atoms with E-state index < -0.39 is 0 Å². The second kappa shape index (κ2) is 7.69. The Bertz CT molecular complexity index is 800. The van der Waals surface area contributed by atoms with Gasteiger partial charge >= 0.3 is 6.03 Å². The zero-order valence-corrected chi connectivity index (χ0v) is 14.0. The van der Waals surface area contributed by atoms with Gasteiger partial charge in [0, 0.05) is 24.8 Å². The van der Waals surface area contributed by atoms with Crippen LogP contribution in [0, 0.1) is 6.92 Å². The molecule has 2 amide bonds. The van der Waals surface area contributed by atoms with E-state index in [0.717, 1.165) is 12.1 Å². The Balaban J connectivity index is 1.44. The molecule has 0 aliphatic heterocycles. The first-order valence-corrected chi connectivity index (χ1v) is 8.39. The van der Waals surface area contributed by atoms with Crippen LogP contribution in [-0.2, 0) is 12.8 Å². The molecule has 0 aliphatic carbocycles. The number of rotatable bonds is 6. The van der Waals surface area contributed by atoms with E-state index in [1.54, 1.807) is 6.92 Å². The fourth-order valence-electron chi connectivity index (χ4n) is 2.12. The number of urea groups is 1. The van der Waals surface area contributed by atoms with Crippen LogP contribution in [0.5, 0.6) is 0 Å². The third kappa shape index (κ3) is 4.63. The fraction of sp³-hybridized carbons (Fsp3) is 0.250. The number of aromatic nitrogens is 3. The molecule has 0 fully saturated rings. The summed E-state index contributed by atoms with van der Waals surface area (Å²) in [6.45, 7) is 2.17. The number of thiazole rings is 1. The summed E-state index contributed by atoms with van der Waals surface area (Å²) >= 11 is 1.41. The lowest BCUT2D eigenvalue weighted by Gasteiger charge is -2.03. The van der Waals surface area contributed by atoms with Crippen LogP contribution in [0.1, 0.15) is 23.0 Å². The summed E-state index contributed by atoms with van der Waals surface area (Å²) in [7, 11) is 0. The normalized spacial score (nSPS) is 10.5. The van der Waals surface area contributed by atoms with Crippen molar-refractivity contribution in [2.45, 2.75) is 19.8 Å². The number of hydrogen-bond acceptors (Lipinski definition) is 6. The van der Waals surface area contributed by atoms with Crippen LogP contribution in [0.15, 0.2) is 40.2 Å². The number of benzene rings is 1. The highest BCUT2D eigenvalue weighted by Gasteiger charge is 2.08. The summed E-state index contributed by atoms with van der Waals surface area (Å²) in [6, 6.07) is 9.79. The maximum Gasteiger partial charge on any atom is 0.321 e. The summed E-state index contributed by atoms with van der Waals surface area (Å²) in [5.74, 6) is 1.09. The second-order valence-corrected chi connectivity index (χ2v) is 6.03. The smallest absolute Gasteiger partial charge is 0.321 e. The first-order valence-electron chi connectivity index (χ1n) is 7.51. The number of nitrogens with zero attached hydrogens (tertiary/aromatic N) is 3. The number of anilines is 1. The van der Waals surface area contributed by atoms with Crippen molar-refractivity contribution in [3.8, 4) is 0 Å². The Hall–Kier alpha value is -2.74. The number of nitrogens with one attached hydrogen (secondary N) is 2. The monoisotopic (exact) mass is 343 g/mol. The number of hydrogen-bond donors (Lipinski definition) is 2. The topological polar surface area (TPSA) is 92.9 Å². The average Bonchev–Trinajstić information content (AvgIpc) is 3.17. The van der Waals surface area contributed by atoms with Crippen molar-refractivity contribution in [2.24, 2.45) is 0 Å². The Morgan fingerprint density at radius 1 is 1.25 bits per heavy atom. The van der Waals surface area contributed by atoms with Gasteiger partial charge in [0.2, 0.25) is 5.89 Å². The lowest BCUT2D eigenvalue weighted by Crippen LogP contribution is -2.30. The van der Waals surface area contributed by atoms with Gasteiger partial charge in [-0.15, -0.1) is 11.3 Å². The number of aryl methyl sites for hydroxylation is 1. The molecule has 7 nitrogen and oxygen atoms in total. The van der Waals surface area contributed by atoms with E-state index in [0.29, 0.717) is 29.8 Å². The lowest BCUT2D eigenvalue weighted by atomic mass is 10.1. The van der Waals surface area contributed by atoms with E-state index in [9.17, 15) is 4.79 Å². The highest BCUT2D eigenvalue weighted by Crippen LogP contribution is 2.17. The molecule has 0 radical (unpaired) electrons. The second-order valence-electron chi connectivity index (χ2n) is 5.17. The van der Waals surface area contributed by atoms with Crippen LogP contribution in [-0.4, -0.2) is 27.7 Å². The molecule has 124 valence electrons. The summed E-state index contributed by atoms with van der Waals surface area (Å²) in [4.78, 5) is 20.3. The number of carbonyl (C=O) groups is 1. The Morgan fingerprint density at radius 2 is 2.08 bits per heavy atom. The third-order valence-electron chi connectivity index (χ3n) is 3.19. The van der Waals surface area contributed by atoms with Crippen molar-refractivity contribution in [1.82, 2.24) is 20.4 Å². The van der Waals surface area contributed by atoms with Crippen LogP contribution in [0.3, 0.4) is 0 Å². The largest absolute Gasteiger partial charge is 0.339 e. The van der Waals surface area contributed by atoms with Gasteiger partial charge < -0.3 is 9.84 Å². The van der Waals surface area contributed by atoms with Crippen LogP contribution < -0.4 is 10.6 Å². The average molecular weight is 343 g/mol. The highest BCUT2D eigenvalue weighted by molar-refractivity contribution is 7.13. The SMILES string of the molecule is Cc1noc(CCNC(=O)Nc2nc(Cc3ccccc3)cs2)n1. The summed E-state index contributed by atoms with van der Waals surface area (Å²) in [6.07, 6.45) is 1.24. The van der Waals surface area contributed by atoms with Gasteiger partial charge in [0.05, 0.1) is 5.69 Å². The first-order chi connectivity index (χ1) is 11.7. The number of carbonyl (C=O) groups excluding carboxylic acids is 1. The van der Waals surface area contributed by atoms with Gasteiger partial charge in [-0.2, -0.15) is 4.98 Å². The van der Waals surface area contributed by atoms with Gasteiger partial charge in [0.25, 0.3) is 0 Å². The van der Waals surface area contributed by atoms with Gasteiger partial charge in [-0.25, -0.2) is 9.78 Å². The minimum atomic E-state index is -0.299. The molecule has 3 rings (SSSR count). The van der Waals surface area contributed by atoms with E-state index in [-0.39, 0.29) is 6.03 Å². The molecule has 8 heteroatoms. The number of amides is 2. The van der Waals surface area contributed by atoms with Crippen LogP contribution in [0.4, 0.5) is 9.93 Å². The standard InChI is InChI=1S/C16H17N5O2S/c1-11-18-14(23-21-11)7-8-17-15(22)20-16-19-13(10-24-16)9-12-5-3-2-4-6-12/h2-6,10H,7-9H2,1H3,(H2,17,19,20,22). The van der Waals surface area contributed by atoms with Crippen molar-refractivity contribution in [3.63, 3.8) is 0 Å². The molecule has 3 aromatic rings. The van der Waals surface area contributed by atoms with Crippen molar-refractivity contribution in [1.29, 1.82) is 0 Å². The summed E-state index contributed by atoms with van der Waals surface area (Å²) < 4.78 is 4.98. The van der Waals surface area contributed by atoms with E-state index in [4.69, 9.17) is 4.52 Å². The minimum Gasteiger partial charge on any atom is -0.339 e. The summed E-state index contributed by atoms with van der Waals surface area (Å²) in [5.41, 5.74) is 2.12. The van der Waals surface area contributed by atoms with Crippen molar-refractivity contribution >= 4 is 22.5 Å². The molecule has 2 heterocycles. The fourth-order valence-corrected chi connectivity index (χ4v) is 2.82.